The van der Waals surface area contributed by atoms with Crippen molar-refractivity contribution in [1.82, 2.24) is 0 Å². The van der Waals surface area contributed by atoms with Gasteiger partial charge in [-0.2, -0.15) is 8.78 Å². The van der Waals surface area contributed by atoms with Crippen LogP contribution >= 0.6 is 11.8 Å². The van der Waals surface area contributed by atoms with Gasteiger partial charge < -0.3 is 0 Å². The van der Waals surface area contributed by atoms with Crippen molar-refractivity contribution in [2.75, 3.05) is 5.75 Å². The standard InChI is InChI=1S/C4H6F2O.C4H8OS.C2H6/c1-3(7)4(2,5)6;1-3-6-4(2)5;1-2/h1-2H3;3H2,1-2H3;1-2H3. The van der Waals surface area contributed by atoms with Gasteiger partial charge in [-0.25, -0.2) is 0 Å². The minimum atomic E-state index is -3.14. The fourth-order valence-electron chi connectivity index (χ4n) is 0.203. The quantitative estimate of drug-likeness (QED) is 0.742. The first-order valence-corrected chi connectivity index (χ1v) is 5.72. The lowest BCUT2D eigenvalue weighted by Gasteiger charge is -2.01. The molecule has 0 aliphatic heterocycles. The number of thioether (sulfide) groups is 1. The van der Waals surface area contributed by atoms with E-state index in [4.69, 9.17) is 0 Å². The highest BCUT2D eigenvalue weighted by molar-refractivity contribution is 8.13. The van der Waals surface area contributed by atoms with Crippen LogP contribution in [0.2, 0.25) is 0 Å². The van der Waals surface area contributed by atoms with E-state index in [1.165, 1.54) is 11.8 Å². The second-order valence-corrected chi connectivity index (χ2v) is 3.81. The number of alkyl halides is 2. The number of hydrogen-bond acceptors (Lipinski definition) is 3. The first-order valence-electron chi connectivity index (χ1n) is 4.74. The van der Waals surface area contributed by atoms with Crippen molar-refractivity contribution in [1.29, 1.82) is 0 Å². The van der Waals surface area contributed by atoms with Gasteiger partial charge in [-0.05, 0) is 5.75 Å². The lowest BCUT2D eigenvalue weighted by atomic mass is 10.3. The van der Waals surface area contributed by atoms with Crippen molar-refractivity contribution in [3.63, 3.8) is 0 Å². The molecule has 0 N–H and O–H groups in total. The highest BCUT2D eigenvalue weighted by Crippen LogP contribution is 2.10. The second kappa shape index (κ2) is 11.6. The van der Waals surface area contributed by atoms with Gasteiger partial charge in [0.1, 0.15) is 0 Å². The van der Waals surface area contributed by atoms with Gasteiger partial charge in [0.25, 0.3) is 0 Å². The van der Waals surface area contributed by atoms with Gasteiger partial charge in [-0.1, -0.05) is 32.5 Å². The molecule has 0 atom stereocenters. The zero-order chi connectivity index (χ0) is 13.1. The van der Waals surface area contributed by atoms with Gasteiger partial charge in [0.15, 0.2) is 10.9 Å². The van der Waals surface area contributed by atoms with E-state index in [1.54, 1.807) is 6.92 Å². The highest BCUT2D eigenvalue weighted by atomic mass is 32.2. The van der Waals surface area contributed by atoms with E-state index in [0.29, 0.717) is 6.92 Å². The first kappa shape index (κ1) is 20.0. The highest BCUT2D eigenvalue weighted by Gasteiger charge is 2.26. The average Bonchev–Trinajstić information content (AvgIpc) is 2.06. The van der Waals surface area contributed by atoms with E-state index < -0.39 is 11.7 Å². The molecule has 15 heavy (non-hydrogen) atoms. The molecular weight excluding hydrogens is 222 g/mol. The molecule has 0 fully saturated rings. The molecule has 2 nitrogen and oxygen atoms in total. The largest absolute Gasteiger partial charge is 0.302 e. The fraction of sp³-hybridized carbons (Fsp3) is 0.800. The molecule has 0 aromatic heterocycles. The molecule has 92 valence electrons. The molecule has 0 radical (unpaired) electrons. The molecule has 0 aromatic carbocycles. The van der Waals surface area contributed by atoms with Crippen LogP contribution in [0, 0.1) is 0 Å². The Labute approximate surface area is 94.8 Å². The Morgan fingerprint density at radius 1 is 1.20 bits per heavy atom. The maximum Gasteiger partial charge on any atom is 0.302 e. The molecule has 0 spiro atoms. The Kier molecular flexibility index (Phi) is 15.5. The van der Waals surface area contributed by atoms with Crippen molar-refractivity contribution in [2.24, 2.45) is 0 Å². The Morgan fingerprint density at radius 3 is 1.47 bits per heavy atom. The molecule has 0 heterocycles. The molecule has 0 amide bonds. The third-order valence-corrected chi connectivity index (χ3v) is 1.66. The van der Waals surface area contributed by atoms with E-state index in [9.17, 15) is 18.4 Å². The molecular formula is C10H20F2O2S. The van der Waals surface area contributed by atoms with Gasteiger partial charge in [0, 0.05) is 20.8 Å². The van der Waals surface area contributed by atoms with Gasteiger partial charge in [-0.3, -0.25) is 9.59 Å². The molecule has 0 unspecified atom stereocenters. The second-order valence-electron chi connectivity index (χ2n) is 2.37. The summed E-state index contributed by atoms with van der Waals surface area (Å²) in [7, 11) is 0. The Hall–Kier alpha value is -0.450. The number of hydrogen-bond donors (Lipinski definition) is 0. The van der Waals surface area contributed by atoms with Crippen LogP contribution < -0.4 is 0 Å². The minimum Gasteiger partial charge on any atom is -0.293 e. The number of Topliss-reactive ketones (excluding diaryl/α,β-unsaturated/α-hetero) is 1. The summed E-state index contributed by atoms with van der Waals surface area (Å²) in [5.74, 6) is -3.33. The van der Waals surface area contributed by atoms with Gasteiger partial charge in [-0.15, -0.1) is 0 Å². The molecule has 0 saturated heterocycles. The summed E-state index contributed by atoms with van der Waals surface area (Å²) in [6, 6.07) is 0. The molecule has 5 heteroatoms. The number of carbonyl (C=O) groups is 2. The molecule has 0 rings (SSSR count). The normalized spacial score (nSPS) is 9.07. The van der Waals surface area contributed by atoms with Crippen LogP contribution in [0.3, 0.4) is 0 Å². The zero-order valence-corrected chi connectivity index (χ0v) is 11.0. The number of carbonyl (C=O) groups excluding carboxylic acids is 2. The van der Waals surface area contributed by atoms with Crippen LogP contribution in [-0.2, 0) is 9.59 Å². The van der Waals surface area contributed by atoms with E-state index in [-0.39, 0.29) is 5.12 Å². The minimum absolute atomic E-state index is 0.206. The lowest BCUT2D eigenvalue weighted by molar-refractivity contribution is -0.138. The first-order chi connectivity index (χ1) is 6.71. The van der Waals surface area contributed by atoms with Crippen LogP contribution in [0.4, 0.5) is 8.78 Å². The van der Waals surface area contributed by atoms with Crippen LogP contribution in [0.5, 0.6) is 0 Å². The van der Waals surface area contributed by atoms with Crippen molar-refractivity contribution in [3.05, 3.63) is 0 Å². The molecule has 0 bridgehead atoms. The summed E-state index contributed by atoms with van der Waals surface area (Å²) in [4.78, 5) is 19.7. The fourth-order valence-corrected chi connectivity index (χ4v) is 0.610. The lowest BCUT2D eigenvalue weighted by Crippen LogP contribution is -2.20. The summed E-state index contributed by atoms with van der Waals surface area (Å²) in [6.07, 6.45) is 0. The number of ketones is 1. The van der Waals surface area contributed by atoms with E-state index >= 15 is 0 Å². The van der Waals surface area contributed by atoms with Crippen molar-refractivity contribution >= 4 is 22.7 Å². The summed E-state index contributed by atoms with van der Waals surface area (Å²) >= 11 is 1.35. The zero-order valence-electron chi connectivity index (χ0n) is 10.2. The Bertz CT molecular complexity index is 177. The monoisotopic (exact) mass is 242 g/mol. The van der Waals surface area contributed by atoms with Crippen molar-refractivity contribution < 1.29 is 18.4 Å². The maximum atomic E-state index is 11.5. The van der Waals surface area contributed by atoms with Crippen LogP contribution in [0.25, 0.3) is 0 Å². The number of halogens is 2. The molecule has 0 aliphatic rings. The van der Waals surface area contributed by atoms with E-state index in [0.717, 1.165) is 12.7 Å². The summed E-state index contributed by atoms with van der Waals surface area (Å²) in [6.45, 7) is 8.98. The topological polar surface area (TPSA) is 34.1 Å². The molecule has 0 aliphatic carbocycles. The van der Waals surface area contributed by atoms with Crippen molar-refractivity contribution in [2.45, 2.75) is 47.5 Å². The van der Waals surface area contributed by atoms with Gasteiger partial charge in [0.05, 0.1) is 0 Å². The molecule has 0 saturated carbocycles. The van der Waals surface area contributed by atoms with Crippen LogP contribution in [0.15, 0.2) is 0 Å². The summed E-state index contributed by atoms with van der Waals surface area (Å²) in [5.41, 5.74) is 0. The van der Waals surface area contributed by atoms with Crippen molar-refractivity contribution in [3.8, 4) is 0 Å². The maximum absolute atomic E-state index is 11.5. The smallest absolute Gasteiger partial charge is 0.293 e. The third-order valence-electron chi connectivity index (χ3n) is 0.966. The Balaban J connectivity index is -0.000000166. The average molecular weight is 242 g/mol. The molecule has 0 aromatic rings. The van der Waals surface area contributed by atoms with E-state index in [2.05, 4.69) is 0 Å². The third kappa shape index (κ3) is 24.7. The van der Waals surface area contributed by atoms with Crippen LogP contribution in [-0.4, -0.2) is 22.6 Å². The van der Waals surface area contributed by atoms with Gasteiger partial charge in [0.2, 0.25) is 0 Å². The summed E-state index contributed by atoms with van der Waals surface area (Å²) < 4.78 is 23.0. The van der Waals surface area contributed by atoms with E-state index in [1.807, 2.05) is 20.8 Å². The summed E-state index contributed by atoms with van der Waals surface area (Å²) in [5, 5.41) is 0.206. The van der Waals surface area contributed by atoms with Gasteiger partial charge >= 0.3 is 5.92 Å². The Morgan fingerprint density at radius 2 is 1.47 bits per heavy atom. The number of rotatable bonds is 2. The SMILES string of the molecule is CC.CC(=O)C(C)(F)F.CCSC(C)=O. The predicted molar refractivity (Wildman–Crippen MR) is 61.5 cm³/mol. The van der Waals surface area contributed by atoms with Crippen LogP contribution in [0.1, 0.15) is 41.5 Å². The predicted octanol–water partition coefficient (Wildman–Crippen LogP) is 3.54.